The quantitative estimate of drug-likeness (QED) is 0.898. The number of likely N-dealkylation sites (N-methyl/N-ethyl adjacent to an activating group) is 1. The number of amides is 1. The lowest BCUT2D eigenvalue weighted by Crippen LogP contribution is -2.55. The van der Waals surface area contributed by atoms with Gasteiger partial charge in [-0.2, -0.15) is 0 Å². The summed E-state index contributed by atoms with van der Waals surface area (Å²) in [5, 5.41) is 3.24. The summed E-state index contributed by atoms with van der Waals surface area (Å²) in [6.07, 6.45) is 3.62. The number of carbonyl (C=O) groups is 1. The van der Waals surface area contributed by atoms with Gasteiger partial charge in [0.2, 0.25) is 5.91 Å². The highest BCUT2D eigenvalue weighted by Gasteiger charge is 2.30. The van der Waals surface area contributed by atoms with Gasteiger partial charge in [0.05, 0.1) is 19.3 Å². The second-order valence-corrected chi connectivity index (χ2v) is 6.16. The fourth-order valence-corrected chi connectivity index (χ4v) is 2.95. The van der Waals surface area contributed by atoms with Gasteiger partial charge in [0.1, 0.15) is 11.9 Å². The van der Waals surface area contributed by atoms with E-state index in [1.807, 2.05) is 38.4 Å². The van der Waals surface area contributed by atoms with Crippen molar-refractivity contribution in [3.05, 3.63) is 54.1 Å². The van der Waals surface area contributed by atoms with Gasteiger partial charge in [-0.1, -0.05) is 30.3 Å². The monoisotopic (exact) mass is 328 g/mol. The molecule has 2 atom stereocenters. The normalized spacial score (nSPS) is 20.8. The molecule has 24 heavy (non-hydrogen) atoms. The van der Waals surface area contributed by atoms with Gasteiger partial charge < -0.3 is 19.5 Å². The van der Waals surface area contributed by atoms with E-state index in [1.54, 1.807) is 11.1 Å². The van der Waals surface area contributed by atoms with E-state index in [0.717, 1.165) is 12.4 Å². The standard InChI is InChI=1S/C18H24N4O2/c1-14-17(20-9-11-24-14)18(23)21(2)13-16-19-8-10-22(16)12-15-6-4-3-5-7-15/h3-8,10,14,17,20H,9,11-13H2,1-2H3/t14-,17+/m1/s1. The fourth-order valence-electron chi connectivity index (χ4n) is 2.95. The van der Waals surface area contributed by atoms with E-state index in [-0.39, 0.29) is 18.1 Å². The molecule has 128 valence electrons. The molecule has 1 N–H and O–H groups in total. The number of nitrogens with one attached hydrogen (secondary N) is 1. The molecule has 0 bridgehead atoms. The van der Waals surface area contributed by atoms with E-state index >= 15 is 0 Å². The lowest BCUT2D eigenvalue weighted by molar-refractivity contribution is -0.138. The molecule has 0 aliphatic carbocycles. The molecular weight excluding hydrogens is 304 g/mol. The zero-order chi connectivity index (χ0) is 16.9. The van der Waals surface area contributed by atoms with Crippen LogP contribution in [0.15, 0.2) is 42.7 Å². The van der Waals surface area contributed by atoms with Gasteiger partial charge in [0.25, 0.3) is 0 Å². The number of nitrogens with zero attached hydrogens (tertiary/aromatic N) is 3. The number of imidazole rings is 1. The SMILES string of the molecule is C[C@H]1OCCN[C@@H]1C(=O)N(C)Cc1nccn1Cc1ccccc1. The summed E-state index contributed by atoms with van der Waals surface area (Å²) in [6.45, 7) is 4.51. The number of aromatic nitrogens is 2. The molecular formula is C18H24N4O2. The lowest BCUT2D eigenvalue weighted by Gasteiger charge is -2.32. The van der Waals surface area contributed by atoms with Crippen molar-refractivity contribution in [2.75, 3.05) is 20.2 Å². The first-order valence-electron chi connectivity index (χ1n) is 8.29. The molecule has 2 heterocycles. The highest BCUT2D eigenvalue weighted by molar-refractivity contribution is 5.82. The van der Waals surface area contributed by atoms with Gasteiger partial charge in [-0.15, -0.1) is 0 Å². The summed E-state index contributed by atoms with van der Waals surface area (Å²) in [5.41, 5.74) is 1.21. The van der Waals surface area contributed by atoms with Crippen molar-refractivity contribution in [1.29, 1.82) is 0 Å². The average Bonchev–Trinajstić information content (AvgIpc) is 3.02. The van der Waals surface area contributed by atoms with Crippen LogP contribution in [0.3, 0.4) is 0 Å². The first kappa shape index (κ1) is 16.7. The van der Waals surface area contributed by atoms with E-state index < -0.39 is 0 Å². The topological polar surface area (TPSA) is 59.4 Å². The van der Waals surface area contributed by atoms with Crippen molar-refractivity contribution in [2.45, 2.75) is 32.2 Å². The van der Waals surface area contributed by atoms with Crippen LogP contribution in [-0.2, 0) is 22.6 Å². The van der Waals surface area contributed by atoms with Crippen LogP contribution in [-0.4, -0.2) is 52.7 Å². The molecule has 3 rings (SSSR count). The van der Waals surface area contributed by atoms with Crippen LogP contribution < -0.4 is 5.32 Å². The van der Waals surface area contributed by atoms with Crippen LogP contribution in [0.25, 0.3) is 0 Å². The molecule has 2 aromatic rings. The molecule has 0 saturated carbocycles. The smallest absolute Gasteiger partial charge is 0.242 e. The maximum atomic E-state index is 12.7. The molecule has 1 aromatic carbocycles. The van der Waals surface area contributed by atoms with Crippen LogP contribution in [0.5, 0.6) is 0 Å². The Hall–Kier alpha value is -2.18. The van der Waals surface area contributed by atoms with Gasteiger partial charge in [-0.3, -0.25) is 4.79 Å². The average molecular weight is 328 g/mol. The van der Waals surface area contributed by atoms with Gasteiger partial charge in [0, 0.05) is 32.5 Å². The minimum Gasteiger partial charge on any atom is -0.375 e. The Bertz CT molecular complexity index is 671. The highest BCUT2D eigenvalue weighted by Crippen LogP contribution is 2.11. The fraction of sp³-hybridized carbons (Fsp3) is 0.444. The number of rotatable bonds is 5. The van der Waals surface area contributed by atoms with Crippen molar-refractivity contribution in [2.24, 2.45) is 0 Å². The van der Waals surface area contributed by atoms with E-state index in [0.29, 0.717) is 19.7 Å². The first-order chi connectivity index (χ1) is 11.6. The minimum absolute atomic E-state index is 0.0384. The second-order valence-electron chi connectivity index (χ2n) is 6.16. The van der Waals surface area contributed by atoms with E-state index in [2.05, 4.69) is 27.0 Å². The van der Waals surface area contributed by atoms with Crippen LogP contribution >= 0.6 is 0 Å². The van der Waals surface area contributed by atoms with E-state index in [1.165, 1.54) is 5.56 Å². The van der Waals surface area contributed by atoms with Crippen LogP contribution in [0.1, 0.15) is 18.3 Å². The maximum absolute atomic E-state index is 12.7. The third-order valence-electron chi connectivity index (χ3n) is 4.33. The number of carbonyl (C=O) groups excluding carboxylic acids is 1. The number of benzene rings is 1. The molecule has 1 aliphatic rings. The van der Waals surface area contributed by atoms with Crippen molar-refractivity contribution in [3.8, 4) is 0 Å². The number of ether oxygens (including phenoxy) is 1. The van der Waals surface area contributed by atoms with Gasteiger partial charge in [0.15, 0.2) is 0 Å². The lowest BCUT2D eigenvalue weighted by atomic mass is 10.1. The van der Waals surface area contributed by atoms with Gasteiger partial charge in [-0.25, -0.2) is 4.98 Å². The minimum atomic E-state index is -0.290. The van der Waals surface area contributed by atoms with Gasteiger partial charge >= 0.3 is 0 Å². The first-order valence-corrected chi connectivity index (χ1v) is 8.29. The number of hydrogen-bond donors (Lipinski definition) is 1. The van der Waals surface area contributed by atoms with Crippen molar-refractivity contribution in [3.63, 3.8) is 0 Å². The molecule has 0 radical (unpaired) electrons. The zero-order valence-electron chi connectivity index (χ0n) is 14.2. The van der Waals surface area contributed by atoms with Crippen molar-refractivity contribution < 1.29 is 9.53 Å². The highest BCUT2D eigenvalue weighted by atomic mass is 16.5. The Balaban J connectivity index is 1.65. The molecule has 1 aliphatic heterocycles. The molecule has 6 nitrogen and oxygen atoms in total. The number of morpholine rings is 1. The Morgan fingerprint density at radius 2 is 2.21 bits per heavy atom. The number of hydrogen-bond acceptors (Lipinski definition) is 4. The predicted octanol–water partition coefficient (Wildman–Crippen LogP) is 1.27. The van der Waals surface area contributed by atoms with Crippen molar-refractivity contribution in [1.82, 2.24) is 19.8 Å². The zero-order valence-corrected chi connectivity index (χ0v) is 14.2. The largest absolute Gasteiger partial charge is 0.375 e. The summed E-state index contributed by atoms with van der Waals surface area (Å²) < 4.78 is 7.65. The molecule has 0 spiro atoms. The maximum Gasteiger partial charge on any atom is 0.242 e. The molecule has 6 heteroatoms. The van der Waals surface area contributed by atoms with Crippen LogP contribution in [0.2, 0.25) is 0 Å². The molecule has 1 saturated heterocycles. The predicted molar refractivity (Wildman–Crippen MR) is 91.4 cm³/mol. The molecule has 1 amide bonds. The summed E-state index contributed by atoms with van der Waals surface area (Å²) in [7, 11) is 1.81. The summed E-state index contributed by atoms with van der Waals surface area (Å²) >= 11 is 0. The van der Waals surface area contributed by atoms with Crippen LogP contribution in [0, 0.1) is 0 Å². The Labute approximate surface area is 142 Å². The van der Waals surface area contributed by atoms with Crippen molar-refractivity contribution >= 4 is 5.91 Å². The van der Waals surface area contributed by atoms with E-state index in [9.17, 15) is 4.79 Å². The van der Waals surface area contributed by atoms with Gasteiger partial charge in [-0.05, 0) is 12.5 Å². The molecule has 0 unspecified atom stereocenters. The third kappa shape index (κ3) is 3.83. The summed E-state index contributed by atoms with van der Waals surface area (Å²) in [4.78, 5) is 18.8. The Morgan fingerprint density at radius 3 is 2.96 bits per heavy atom. The Kier molecular flexibility index (Phi) is 5.27. The molecule has 1 aromatic heterocycles. The second kappa shape index (κ2) is 7.59. The van der Waals surface area contributed by atoms with Crippen LogP contribution in [0.4, 0.5) is 0 Å². The van der Waals surface area contributed by atoms with E-state index in [4.69, 9.17) is 4.74 Å². The Morgan fingerprint density at radius 1 is 1.42 bits per heavy atom. The molecule has 1 fully saturated rings. The third-order valence-corrected chi connectivity index (χ3v) is 4.33. The summed E-state index contributed by atoms with van der Waals surface area (Å²) in [5.74, 6) is 0.913. The summed E-state index contributed by atoms with van der Waals surface area (Å²) in [6, 6.07) is 9.94.